The first kappa shape index (κ1) is 11.9. The molecule has 6 nitrogen and oxygen atoms in total. The van der Waals surface area contributed by atoms with Crippen LogP contribution in [0, 0.1) is 0 Å². The molecule has 3 rings (SSSR count). The summed E-state index contributed by atoms with van der Waals surface area (Å²) < 4.78 is 11.6. The zero-order valence-electron chi connectivity index (χ0n) is 9.73. The Labute approximate surface area is 112 Å². The molecule has 1 N–H and O–H groups in total. The monoisotopic (exact) mass is 312 g/mol. The van der Waals surface area contributed by atoms with Crippen LogP contribution in [0.4, 0.5) is 0 Å². The van der Waals surface area contributed by atoms with Gasteiger partial charge in [0, 0.05) is 26.2 Å². The van der Waals surface area contributed by atoms with Gasteiger partial charge in [0.05, 0.1) is 6.54 Å². The van der Waals surface area contributed by atoms with Crippen molar-refractivity contribution in [1.29, 1.82) is 0 Å². The summed E-state index contributed by atoms with van der Waals surface area (Å²) in [6, 6.07) is 3.60. The Morgan fingerprint density at radius 3 is 2.78 bits per heavy atom. The Hall–Kier alpha value is -1.18. The van der Waals surface area contributed by atoms with E-state index in [0.717, 1.165) is 26.2 Å². The lowest BCUT2D eigenvalue weighted by atomic mass is 10.3. The van der Waals surface area contributed by atoms with E-state index in [2.05, 4.69) is 36.3 Å². The van der Waals surface area contributed by atoms with Crippen molar-refractivity contribution in [3.05, 3.63) is 22.7 Å². The van der Waals surface area contributed by atoms with Crippen LogP contribution >= 0.6 is 15.9 Å². The molecule has 0 bridgehead atoms. The van der Waals surface area contributed by atoms with Gasteiger partial charge in [-0.3, -0.25) is 4.90 Å². The van der Waals surface area contributed by atoms with Crippen molar-refractivity contribution in [3.63, 3.8) is 0 Å². The van der Waals surface area contributed by atoms with Crippen LogP contribution in [-0.2, 0) is 6.54 Å². The van der Waals surface area contributed by atoms with Gasteiger partial charge in [-0.25, -0.2) is 0 Å². The number of rotatable bonds is 3. The molecule has 0 aliphatic carbocycles. The van der Waals surface area contributed by atoms with Crippen LogP contribution in [0.3, 0.4) is 0 Å². The third-order valence-corrected chi connectivity index (χ3v) is 3.25. The number of furan rings is 1. The van der Waals surface area contributed by atoms with Gasteiger partial charge in [0.25, 0.3) is 5.89 Å². The summed E-state index contributed by atoms with van der Waals surface area (Å²) in [5.41, 5.74) is 0. The second-order valence-electron chi connectivity index (χ2n) is 4.13. The predicted octanol–water partition coefficient (Wildman–Crippen LogP) is 1.50. The number of hydrogen-bond acceptors (Lipinski definition) is 6. The van der Waals surface area contributed by atoms with Gasteiger partial charge in [-0.1, -0.05) is 0 Å². The van der Waals surface area contributed by atoms with Crippen LogP contribution in [0.15, 0.2) is 25.6 Å². The van der Waals surface area contributed by atoms with Gasteiger partial charge in [0.2, 0.25) is 5.89 Å². The molecular weight excluding hydrogens is 300 g/mol. The smallest absolute Gasteiger partial charge is 0.283 e. The highest BCUT2D eigenvalue weighted by Gasteiger charge is 2.16. The lowest BCUT2D eigenvalue weighted by Crippen LogP contribution is -2.42. The molecule has 2 aromatic rings. The molecule has 18 heavy (non-hydrogen) atoms. The van der Waals surface area contributed by atoms with Crippen molar-refractivity contribution in [3.8, 4) is 11.7 Å². The molecule has 1 fully saturated rings. The van der Waals surface area contributed by atoms with Gasteiger partial charge in [0.1, 0.15) is 0 Å². The highest BCUT2D eigenvalue weighted by molar-refractivity contribution is 9.10. The van der Waals surface area contributed by atoms with Gasteiger partial charge < -0.3 is 14.2 Å². The molecule has 1 saturated heterocycles. The normalized spacial score (nSPS) is 17.2. The van der Waals surface area contributed by atoms with Crippen molar-refractivity contribution in [2.45, 2.75) is 6.54 Å². The molecule has 96 valence electrons. The van der Waals surface area contributed by atoms with E-state index in [-0.39, 0.29) is 0 Å². The third kappa shape index (κ3) is 2.63. The molecule has 0 saturated carbocycles. The van der Waals surface area contributed by atoms with Crippen LogP contribution < -0.4 is 5.32 Å². The molecule has 0 atom stereocenters. The minimum atomic E-state index is 0.422. The average Bonchev–Trinajstić information content (AvgIpc) is 2.99. The van der Waals surface area contributed by atoms with Gasteiger partial charge in [-0.15, -0.1) is 10.2 Å². The fourth-order valence-corrected chi connectivity index (χ4v) is 2.21. The van der Waals surface area contributed by atoms with Crippen molar-refractivity contribution in [1.82, 2.24) is 20.4 Å². The molecule has 3 heterocycles. The number of aromatic nitrogens is 2. The molecule has 1 aliphatic rings. The lowest BCUT2D eigenvalue weighted by molar-refractivity contribution is 0.212. The van der Waals surface area contributed by atoms with E-state index in [1.807, 2.05) is 0 Å². The fraction of sp³-hybridized carbons (Fsp3) is 0.455. The number of nitrogens with zero attached hydrogens (tertiary/aromatic N) is 3. The van der Waals surface area contributed by atoms with Crippen molar-refractivity contribution >= 4 is 15.9 Å². The quantitative estimate of drug-likeness (QED) is 0.926. The van der Waals surface area contributed by atoms with E-state index in [1.165, 1.54) is 0 Å². The Morgan fingerprint density at radius 1 is 1.22 bits per heavy atom. The summed E-state index contributed by atoms with van der Waals surface area (Å²) in [5, 5.41) is 11.3. The molecule has 0 amide bonds. The summed E-state index contributed by atoms with van der Waals surface area (Å²) in [5.74, 6) is 1.63. The number of hydrogen-bond donors (Lipinski definition) is 1. The maximum Gasteiger partial charge on any atom is 0.283 e. The Kier molecular flexibility index (Phi) is 3.44. The van der Waals surface area contributed by atoms with Crippen LogP contribution in [0.1, 0.15) is 5.89 Å². The Bertz CT molecular complexity index is 519. The SMILES string of the molecule is Brc1ccc(-c2nnc(CN3CCNCC3)o2)o1. The van der Waals surface area contributed by atoms with E-state index in [4.69, 9.17) is 8.83 Å². The van der Waals surface area contributed by atoms with E-state index < -0.39 is 0 Å². The van der Waals surface area contributed by atoms with Crippen molar-refractivity contribution in [2.24, 2.45) is 0 Å². The van der Waals surface area contributed by atoms with E-state index in [9.17, 15) is 0 Å². The largest absolute Gasteiger partial charge is 0.444 e. The maximum absolute atomic E-state index is 5.59. The summed E-state index contributed by atoms with van der Waals surface area (Å²) in [7, 11) is 0. The first-order valence-corrected chi connectivity index (χ1v) is 6.62. The summed E-state index contributed by atoms with van der Waals surface area (Å²) in [6.45, 7) is 4.71. The maximum atomic E-state index is 5.59. The Balaban J connectivity index is 1.69. The molecule has 0 unspecified atom stereocenters. The zero-order valence-corrected chi connectivity index (χ0v) is 11.3. The van der Waals surface area contributed by atoms with Crippen molar-refractivity contribution < 1.29 is 8.83 Å². The van der Waals surface area contributed by atoms with Crippen LogP contribution in [0.2, 0.25) is 0 Å². The standard InChI is InChI=1S/C11H13BrN4O2/c12-9-2-1-8(17-9)11-15-14-10(18-11)7-16-5-3-13-4-6-16/h1-2,13H,3-7H2. The summed E-state index contributed by atoms with van der Waals surface area (Å²) >= 11 is 3.24. The average molecular weight is 313 g/mol. The van der Waals surface area contributed by atoms with Crippen molar-refractivity contribution in [2.75, 3.05) is 26.2 Å². The Morgan fingerprint density at radius 2 is 2.06 bits per heavy atom. The number of halogens is 1. The number of piperazine rings is 1. The summed E-state index contributed by atoms with van der Waals surface area (Å²) in [6.07, 6.45) is 0. The van der Waals surface area contributed by atoms with E-state index >= 15 is 0 Å². The first-order chi connectivity index (χ1) is 8.81. The van der Waals surface area contributed by atoms with Gasteiger partial charge in [0.15, 0.2) is 10.4 Å². The predicted molar refractivity (Wildman–Crippen MR) is 67.8 cm³/mol. The molecule has 0 radical (unpaired) electrons. The lowest BCUT2D eigenvalue weighted by Gasteiger charge is -2.25. The van der Waals surface area contributed by atoms with Gasteiger partial charge in [-0.2, -0.15) is 0 Å². The fourth-order valence-electron chi connectivity index (χ4n) is 1.91. The second-order valence-corrected chi connectivity index (χ2v) is 4.91. The minimum Gasteiger partial charge on any atom is -0.444 e. The topological polar surface area (TPSA) is 67.3 Å². The van der Waals surface area contributed by atoms with Gasteiger partial charge >= 0.3 is 0 Å². The molecule has 1 aliphatic heterocycles. The van der Waals surface area contributed by atoms with Gasteiger partial charge in [-0.05, 0) is 28.1 Å². The highest BCUT2D eigenvalue weighted by atomic mass is 79.9. The van der Waals surface area contributed by atoms with E-state index in [1.54, 1.807) is 12.1 Å². The third-order valence-electron chi connectivity index (χ3n) is 2.82. The van der Waals surface area contributed by atoms with E-state index in [0.29, 0.717) is 28.8 Å². The zero-order chi connectivity index (χ0) is 12.4. The summed E-state index contributed by atoms with van der Waals surface area (Å²) in [4.78, 5) is 2.28. The molecule has 7 heteroatoms. The molecule has 0 spiro atoms. The highest BCUT2D eigenvalue weighted by Crippen LogP contribution is 2.23. The first-order valence-electron chi connectivity index (χ1n) is 5.82. The molecule has 2 aromatic heterocycles. The van der Waals surface area contributed by atoms with Crippen LogP contribution in [0.5, 0.6) is 0 Å². The number of nitrogens with one attached hydrogen (secondary N) is 1. The minimum absolute atomic E-state index is 0.422. The van der Waals surface area contributed by atoms with Crippen LogP contribution in [-0.4, -0.2) is 41.3 Å². The molecular formula is C11H13BrN4O2. The second kappa shape index (κ2) is 5.21. The van der Waals surface area contributed by atoms with Crippen LogP contribution in [0.25, 0.3) is 11.7 Å². The molecule has 0 aromatic carbocycles.